The molecule has 0 aliphatic carbocycles. The van der Waals surface area contributed by atoms with Crippen LogP contribution in [0.25, 0.3) is 0 Å². The highest BCUT2D eigenvalue weighted by Crippen LogP contribution is 2.05. The van der Waals surface area contributed by atoms with Gasteiger partial charge < -0.3 is 15.2 Å². The van der Waals surface area contributed by atoms with Crippen molar-refractivity contribution in [1.29, 1.82) is 0 Å². The molecule has 0 rings (SSSR count). The maximum absolute atomic E-state index is 11.1. The first-order chi connectivity index (χ1) is 6.90. The quantitative estimate of drug-likeness (QED) is 0.492. The number of carbonyl (C=O) groups is 1. The van der Waals surface area contributed by atoms with Crippen molar-refractivity contribution < 1.29 is 14.6 Å². The highest BCUT2D eigenvalue weighted by Gasteiger charge is 2.30. The molecule has 1 unspecified atom stereocenters. The lowest BCUT2D eigenvalue weighted by molar-refractivity contribution is -0.159. The third-order valence-electron chi connectivity index (χ3n) is 2.23. The molecule has 15 heavy (non-hydrogen) atoms. The zero-order valence-electron chi connectivity index (χ0n) is 10.2. The van der Waals surface area contributed by atoms with Gasteiger partial charge in [0, 0.05) is 6.54 Å². The molecule has 0 aromatic heterocycles. The second-order valence-electron chi connectivity index (χ2n) is 4.48. The summed E-state index contributed by atoms with van der Waals surface area (Å²) in [5.74, 6) is 0.0896. The molecular formula is C11H23NO3. The third kappa shape index (κ3) is 6.47. The summed E-state index contributed by atoms with van der Waals surface area (Å²) in [5.41, 5.74) is -1.42. The Morgan fingerprint density at radius 2 is 2.13 bits per heavy atom. The molecular weight excluding hydrogens is 194 g/mol. The molecule has 0 saturated heterocycles. The Labute approximate surface area is 92.0 Å². The van der Waals surface area contributed by atoms with Gasteiger partial charge in [-0.05, 0) is 32.2 Å². The van der Waals surface area contributed by atoms with Gasteiger partial charge in [-0.1, -0.05) is 13.8 Å². The van der Waals surface area contributed by atoms with Crippen LogP contribution in [0.5, 0.6) is 0 Å². The van der Waals surface area contributed by atoms with Crippen molar-refractivity contribution in [3.05, 3.63) is 0 Å². The highest BCUT2D eigenvalue weighted by atomic mass is 16.5. The van der Waals surface area contributed by atoms with E-state index in [1.807, 2.05) is 0 Å². The van der Waals surface area contributed by atoms with E-state index in [2.05, 4.69) is 23.9 Å². The molecule has 0 bridgehead atoms. The summed E-state index contributed by atoms with van der Waals surface area (Å²) in [6.07, 6.45) is 2.20. The first-order valence-electron chi connectivity index (χ1n) is 5.41. The number of ether oxygens (including phenoxy) is 1. The average molecular weight is 217 g/mol. The zero-order chi connectivity index (χ0) is 11.9. The van der Waals surface area contributed by atoms with Crippen molar-refractivity contribution in [2.75, 3.05) is 20.2 Å². The lowest BCUT2D eigenvalue weighted by Gasteiger charge is -2.20. The van der Waals surface area contributed by atoms with E-state index in [0.717, 1.165) is 19.4 Å². The Balaban J connectivity index is 3.62. The van der Waals surface area contributed by atoms with Crippen LogP contribution in [0.3, 0.4) is 0 Å². The molecule has 2 N–H and O–H groups in total. The summed E-state index contributed by atoms with van der Waals surface area (Å²) in [5, 5.41) is 12.7. The molecule has 0 aliphatic rings. The minimum absolute atomic E-state index is 0.234. The van der Waals surface area contributed by atoms with E-state index in [4.69, 9.17) is 0 Å². The van der Waals surface area contributed by atoms with E-state index in [9.17, 15) is 9.90 Å². The van der Waals surface area contributed by atoms with Crippen LogP contribution in [-0.2, 0) is 9.53 Å². The van der Waals surface area contributed by atoms with Crippen LogP contribution < -0.4 is 5.32 Å². The van der Waals surface area contributed by atoms with Gasteiger partial charge in [0.1, 0.15) is 0 Å². The number of methoxy groups -OCH3 is 1. The first kappa shape index (κ1) is 14.4. The fourth-order valence-corrected chi connectivity index (χ4v) is 1.26. The molecule has 4 heteroatoms. The predicted octanol–water partition coefficient (Wildman–Crippen LogP) is 0.936. The van der Waals surface area contributed by atoms with Crippen LogP contribution in [0.15, 0.2) is 0 Å². The molecule has 0 aromatic rings. The van der Waals surface area contributed by atoms with Gasteiger partial charge in [0.05, 0.1) is 7.11 Å². The molecule has 90 valence electrons. The Morgan fingerprint density at radius 3 is 2.60 bits per heavy atom. The lowest BCUT2D eigenvalue weighted by atomic mass is 10.1. The molecule has 0 aromatic carbocycles. The summed E-state index contributed by atoms with van der Waals surface area (Å²) in [4.78, 5) is 11.1. The van der Waals surface area contributed by atoms with Gasteiger partial charge in [-0.2, -0.15) is 0 Å². The molecule has 0 heterocycles. The van der Waals surface area contributed by atoms with Gasteiger partial charge in [0.2, 0.25) is 0 Å². The molecule has 0 fully saturated rings. The van der Waals surface area contributed by atoms with Gasteiger partial charge in [0.15, 0.2) is 5.60 Å². The topological polar surface area (TPSA) is 58.6 Å². The Hall–Kier alpha value is -0.610. The normalized spacial score (nSPS) is 15.1. The van der Waals surface area contributed by atoms with Crippen LogP contribution in [0.4, 0.5) is 0 Å². The van der Waals surface area contributed by atoms with Gasteiger partial charge in [-0.25, -0.2) is 4.79 Å². The van der Waals surface area contributed by atoms with Crippen molar-refractivity contribution in [2.24, 2.45) is 5.92 Å². The number of aliphatic hydroxyl groups is 1. The second-order valence-corrected chi connectivity index (χ2v) is 4.48. The van der Waals surface area contributed by atoms with Crippen LogP contribution in [0.1, 0.15) is 33.6 Å². The van der Waals surface area contributed by atoms with E-state index in [0.29, 0.717) is 5.92 Å². The maximum Gasteiger partial charge on any atom is 0.338 e. The fraction of sp³-hybridized carbons (Fsp3) is 0.909. The van der Waals surface area contributed by atoms with Crippen molar-refractivity contribution in [2.45, 2.75) is 39.2 Å². The zero-order valence-corrected chi connectivity index (χ0v) is 10.2. The van der Waals surface area contributed by atoms with Crippen molar-refractivity contribution in [3.63, 3.8) is 0 Å². The molecule has 4 nitrogen and oxygen atoms in total. The number of hydrogen-bond acceptors (Lipinski definition) is 4. The number of rotatable bonds is 7. The standard InChI is InChI=1S/C11H23NO3/c1-9(2)6-5-7-12-8-11(3,14)10(13)15-4/h9,12,14H,5-8H2,1-4H3. The number of esters is 1. The summed E-state index contributed by atoms with van der Waals surface area (Å²) in [6, 6.07) is 0. The summed E-state index contributed by atoms with van der Waals surface area (Å²) >= 11 is 0. The van der Waals surface area contributed by atoms with Crippen LogP contribution in [-0.4, -0.2) is 36.9 Å². The van der Waals surface area contributed by atoms with E-state index < -0.39 is 11.6 Å². The van der Waals surface area contributed by atoms with E-state index in [-0.39, 0.29) is 6.54 Å². The van der Waals surface area contributed by atoms with Gasteiger partial charge in [-0.3, -0.25) is 0 Å². The van der Waals surface area contributed by atoms with E-state index in [1.54, 1.807) is 0 Å². The van der Waals surface area contributed by atoms with Crippen LogP contribution in [0.2, 0.25) is 0 Å². The SMILES string of the molecule is COC(=O)C(C)(O)CNCCCC(C)C. The summed E-state index contributed by atoms with van der Waals surface area (Å²) in [6.45, 7) is 6.84. The monoisotopic (exact) mass is 217 g/mol. The molecule has 0 radical (unpaired) electrons. The first-order valence-corrected chi connectivity index (χ1v) is 5.41. The van der Waals surface area contributed by atoms with Gasteiger partial charge >= 0.3 is 5.97 Å². The molecule has 0 amide bonds. The number of nitrogens with one attached hydrogen (secondary N) is 1. The van der Waals surface area contributed by atoms with Crippen LogP contribution >= 0.6 is 0 Å². The average Bonchev–Trinajstić information content (AvgIpc) is 2.15. The van der Waals surface area contributed by atoms with Crippen LogP contribution in [0, 0.1) is 5.92 Å². The molecule has 0 spiro atoms. The third-order valence-corrected chi connectivity index (χ3v) is 2.23. The largest absolute Gasteiger partial charge is 0.467 e. The molecule has 0 aliphatic heterocycles. The number of hydrogen-bond donors (Lipinski definition) is 2. The maximum atomic E-state index is 11.1. The fourth-order valence-electron chi connectivity index (χ4n) is 1.26. The second kappa shape index (κ2) is 6.80. The highest BCUT2D eigenvalue weighted by molar-refractivity contribution is 5.78. The smallest absolute Gasteiger partial charge is 0.338 e. The van der Waals surface area contributed by atoms with Crippen molar-refractivity contribution in [3.8, 4) is 0 Å². The molecule has 1 atom stereocenters. The number of carbonyl (C=O) groups excluding carboxylic acids is 1. The minimum Gasteiger partial charge on any atom is -0.467 e. The van der Waals surface area contributed by atoms with E-state index in [1.165, 1.54) is 14.0 Å². The predicted molar refractivity (Wildman–Crippen MR) is 59.6 cm³/mol. The summed E-state index contributed by atoms with van der Waals surface area (Å²) < 4.78 is 4.48. The molecule has 0 saturated carbocycles. The lowest BCUT2D eigenvalue weighted by Crippen LogP contribution is -2.45. The van der Waals surface area contributed by atoms with Crippen molar-refractivity contribution in [1.82, 2.24) is 5.32 Å². The van der Waals surface area contributed by atoms with Crippen molar-refractivity contribution >= 4 is 5.97 Å². The minimum atomic E-state index is -1.42. The Kier molecular flexibility index (Phi) is 6.52. The van der Waals surface area contributed by atoms with Gasteiger partial charge in [0.25, 0.3) is 0 Å². The van der Waals surface area contributed by atoms with Gasteiger partial charge in [-0.15, -0.1) is 0 Å². The van der Waals surface area contributed by atoms with E-state index >= 15 is 0 Å². The summed E-state index contributed by atoms with van der Waals surface area (Å²) in [7, 11) is 1.27. The Morgan fingerprint density at radius 1 is 1.53 bits per heavy atom. The Bertz CT molecular complexity index is 190.